The molecule has 2 aliphatic carbocycles. The maximum absolute atomic E-state index is 12.7. The Hall–Kier alpha value is -0.980. The Morgan fingerprint density at radius 2 is 2.00 bits per heavy atom. The minimum absolute atomic E-state index is 0.00357. The van der Waals surface area contributed by atoms with Crippen LogP contribution in [-0.2, 0) is 23.8 Å². The van der Waals surface area contributed by atoms with Gasteiger partial charge in [-0.05, 0) is 26.2 Å². The Morgan fingerprint density at radius 3 is 2.68 bits per heavy atom. The highest BCUT2D eigenvalue weighted by Gasteiger charge is 2.66. The standard InChI is InChI=1S/C16H24O6/c1-2-20-13(18)14-5-4-12(17)10-15(14,19)6-7-16(11-14)21-8-3-9-22-16/h19H,2-11H2,1H3/t14-,15+/m1/s1. The predicted molar refractivity (Wildman–Crippen MR) is 76.0 cm³/mol. The van der Waals surface area contributed by atoms with Crippen molar-refractivity contribution >= 4 is 11.8 Å². The number of hydrogen-bond donors (Lipinski definition) is 1. The first-order valence-corrected chi connectivity index (χ1v) is 8.15. The molecule has 22 heavy (non-hydrogen) atoms. The van der Waals surface area contributed by atoms with Crippen molar-refractivity contribution in [3.05, 3.63) is 0 Å². The van der Waals surface area contributed by atoms with Crippen LogP contribution in [0.1, 0.15) is 51.9 Å². The van der Waals surface area contributed by atoms with Gasteiger partial charge < -0.3 is 19.3 Å². The van der Waals surface area contributed by atoms with Crippen LogP contribution in [0.4, 0.5) is 0 Å². The van der Waals surface area contributed by atoms with Crippen molar-refractivity contribution in [2.24, 2.45) is 5.41 Å². The first-order chi connectivity index (χ1) is 10.5. The fourth-order valence-corrected chi connectivity index (χ4v) is 4.19. The molecule has 1 saturated heterocycles. The maximum Gasteiger partial charge on any atom is 0.315 e. The van der Waals surface area contributed by atoms with Crippen LogP contribution in [0.15, 0.2) is 0 Å². The number of carbonyl (C=O) groups excluding carboxylic acids is 2. The summed E-state index contributed by atoms with van der Waals surface area (Å²) in [7, 11) is 0. The largest absolute Gasteiger partial charge is 0.465 e. The number of ether oxygens (including phenoxy) is 3. The molecule has 1 heterocycles. The van der Waals surface area contributed by atoms with Gasteiger partial charge in [0.1, 0.15) is 11.2 Å². The van der Waals surface area contributed by atoms with Crippen molar-refractivity contribution in [2.75, 3.05) is 19.8 Å². The molecule has 3 fully saturated rings. The lowest BCUT2D eigenvalue weighted by Crippen LogP contribution is -2.65. The molecule has 1 aliphatic heterocycles. The highest BCUT2D eigenvalue weighted by atomic mass is 16.7. The van der Waals surface area contributed by atoms with Crippen molar-refractivity contribution in [3.63, 3.8) is 0 Å². The van der Waals surface area contributed by atoms with Gasteiger partial charge in [0.05, 0.1) is 25.4 Å². The van der Waals surface area contributed by atoms with Crippen molar-refractivity contribution in [3.8, 4) is 0 Å². The Morgan fingerprint density at radius 1 is 1.27 bits per heavy atom. The van der Waals surface area contributed by atoms with Gasteiger partial charge in [0.25, 0.3) is 0 Å². The number of fused-ring (bicyclic) bond motifs is 1. The molecule has 0 aromatic carbocycles. The summed E-state index contributed by atoms with van der Waals surface area (Å²) >= 11 is 0. The first-order valence-electron chi connectivity index (χ1n) is 8.15. The van der Waals surface area contributed by atoms with Crippen LogP contribution in [0.3, 0.4) is 0 Å². The van der Waals surface area contributed by atoms with Crippen LogP contribution < -0.4 is 0 Å². The van der Waals surface area contributed by atoms with E-state index in [2.05, 4.69) is 0 Å². The Balaban J connectivity index is 1.95. The van der Waals surface area contributed by atoms with E-state index in [1.165, 1.54) is 0 Å². The summed E-state index contributed by atoms with van der Waals surface area (Å²) in [6.45, 7) is 3.18. The molecule has 1 N–H and O–H groups in total. The number of esters is 1. The summed E-state index contributed by atoms with van der Waals surface area (Å²) in [6.07, 6.45) is 2.52. The molecule has 6 heteroatoms. The van der Waals surface area contributed by atoms with E-state index >= 15 is 0 Å². The molecule has 0 bridgehead atoms. The van der Waals surface area contributed by atoms with Crippen molar-refractivity contribution < 1.29 is 28.9 Å². The van der Waals surface area contributed by atoms with Crippen LogP contribution >= 0.6 is 0 Å². The summed E-state index contributed by atoms with van der Waals surface area (Å²) in [5.74, 6) is -1.25. The Bertz CT molecular complexity index is 469. The third-order valence-corrected chi connectivity index (χ3v) is 5.39. The van der Waals surface area contributed by atoms with E-state index < -0.39 is 22.8 Å². The molecule has 3 rings (SSSR count). The topological polar surface area (TPSA) is 82.1 Å². The molecule has 0 aromatic heterocycles. The van der Waals surface area contributed by atoms with E-state index in [4.69, 9.17) is 14.2 Å². The highest BCUT2D eigenvalue weighted by Crippen LogP contribution is 2.57. The van der Waals surface area contributed by atoms with E-state index in [0.29, 0.717) is 32.5 Å². The zero-order valence-electron chi connectivity index (χ0n) is 13.1. The van der Waals surface area contributed by atoms with Crippen molar-refractivity contribution in [1.29, 1.82) is 0 Å². The summed E-state index contributed by atoms with van der Waals surface area (Å²) in [6, 6.07) is 0. The second kappa shape index (κ2) is 5.58. The quantitative estimate of drug-likeness (QED) is 0.775. The Kier molecular flexibility index (Phi) is 4.03. The van der Waals surface area contributed by atoms with Crippen LogP contribution in [0.2, 0.25) is 0 Å². The zero-order chi connectivity index (χ0) is 15.8. The fraction of sp³-hybridized carbons (Fsp3) is 0.875. The number of hydrogen-bond acceptors (Lipinski definition) is 6. The second-order valence-corrected chi connectivity index (χ2v) is 6.69. The molecule has 6 nitrogen and oxygen atoms in total. The molecule has 3 aliphatic rings. The molecule has 124 valence electrons. The minimum Gasteiger partial charge on any atom is -0.465 e. The first kappa shape index (κ1) is 15.9. The van der Waals surface area contributed by atoms with E-state index in [1.807, 2.05) is 0 Å². The molecule has 2 atom stereocenters. The molecule has 0 unspecified atom stereocenters. The average Bonchev–Trinajstić information content (AvgIpc) is 2.49. The smallest absolute Gasteiger partial charge is 0.315 e. The molecule has 2 saturated carbocycles. The third-order valence-electron chi connectivity index (χ3n) is 5.39. The summed E-state index contributed by atoms with van der Waals surface area (Å²) in [5, 5.41) is 11.1. The highest BCUT2D eigenvalue weighted by molar-refractivity contribution is 5.87. The van der Waals surface area contributed by atoms with Crippen molar-refractivity contribution in [1.82, 2.24) is 0 Å². The molecular formula is C16H24O6. The lowest BCUT2D eigenvalue weighted by atomic mass is 9.54. The maximum atomic E-state index is 12.7. The average molecular weight is 312 g/mol. The third kappa shape index (κ3) is 2.37. The lowest BCUT2D eigenvalue weighted by Gasteiger charge is -2.56. The van der Waals surface area contributed by atoms with Gasteiger partial charge in [-0.25, -0.2) is 0 Å². The van der Waals surface area contributed by atoms with E-state index in [9.17, 15) is 14.7 Å². The van der Waals surface area contributed by atoms with Crippen molar-refractivity contribution in [2.45, 2.75) is 63.3 Å². The van der Waals surface area contributed by atoms with Gasteiger partial charge in [0.2, 0.25) is 0 Å². The van der Waals surface area contributed by atoms with Crippen LogP contribution in [-0.4, -0.2) is 48.1 Å². The van der Waals surface area contributed by atoms with Crippen LogP contribution in [0.25, 0.3) is 0 Å². The Labute approximate surface area is 130 Å². The van der Waals surface area contributed by atoms with E-state index in [0.717, 1.165) is 6.42 Å². The van der Waals surface area contributed by atoms with E-state index in [-0.39, 0.29) is 31.7 Å². The van der Waals surface area contributed by atoms with Gasteiger partial charge >= 0.3 is 5.97 Å². The number of Topliss-reactive ketones (excluding diaryl/α,β-unsaturated/α-hetero) is 1. The van der Waals surface area contributed by atoms with Gasteiger partial charge in [-0.15, -0.1) is 0 Å². The number of rotatable bonds is 2. The molecular weight excluding hydrogens is 288 g/mol. The summed E-state index contributed by atoms with van der Waals surface area (Å²) in [5.41, 5.74) is -2.45. The fourth-order valence-electron chi connectivity index (χ4n) is 4.19. The number of ketones is 1. The lowest BCUT2D eigenvalue weighted by molar-refractivity contribution is -0.319. The zero-order valence-corrected chi connectivity index (χ0v) is 13.1. The number of carbonyl (C=O) groups is 2. The number of aliphatic hydroxyl groups is 1. The van der Waals surface area contributed by atoms with Gasteiger partial charge in [-0.3, -0.25) is 9.59 Å². The normalized spacial score (nSPS) is 37.6. The predicted octanol–water partition coefficient (Wildman–Crippen LogP) is 1.34. The summed E-state index contributed by atoms with van der Waals surface area (Å²) < 4.78 is 17.0. The molecule has 1 spiro atoms. The van der Waals surface area contributed by atoms with Crippen LogP contribution in [0.5, 0.6) is 0 Å². The van der Waals surface area contributed by atoms with E-state index in [1.54, 1.807) is 6.92 Å². The van der Waals surface area contributed by atoms with Gasteiger partial charge in [0.15, 0.2) is 5.79 Å². The second-order valence-electron chi connectivity index (χ2n) is 6.69. The summed E-state index contributed by atoms with van der Waals surface area (Å²) in [4.78, 5) is 24.5. The molecule has 0 radical (unpaired) electrons. The monoisotopic (exact) mass is 312 g/mol. The van der Waals surface area contributed by atoms with Gasteiger partial charge in [0, 0.05) is 25.7 Å². The SMILES string of the molecule is CCOC(=O)[C@]12CCC(=O)C[C@@]1(O)CCC1(C2)OCCCO1. The van der Waals surface area contributed by atoms with Gasteiger partial charge in [-0.2, -0.15) is 0 Å². The minimum atomic E-state index is -1.34. The molecule has 0 amide bonds. The molecule has 0 aromatic rings. The van der Waals surface area contributed by atoms with Gasteiger partial charge in [-0.1, -0.05) is 0 Å². The van der Waals surface area contributed by atoms with Crippen LogP contribution in [0, 0.1) is 5.41 Å².